The van der Waals surface area contributed by atoms with E-state index in [0.29, 0.717) is 5.52 Å². The van der Waals surface area contributed by atoms with Crippen molar-refractivity contribution in [3.8, 4) is 16.9 Å². The molecule has 0 atom stereocenters. The second kappa shape index (κ2) is 6.81. The molecule has 2 aromatic heterocycles. The van der Waals surface area contributed by atoms with Gasteiger partial charge in [-0.2, -0.15) is 5.10 Å². The van der Waals surface area contributed by atoms with E-state index in [-0.39, 0.29) is 11.4 Å². The predicted octanol–water partition coefficient (Wildman–Crippen LogP) is 5.62. The van der Waals surface area contributed by atoms with Gasteiger partial charge in [-0.15, -0.1) is 0 Å². The summed E-state index contributed by atoms with van der Waals surface area (Å²) >= 11 is 0. The van der Waals surface area contributed by atoms with Gasteiger partial charge in [0.1, 0.15) is 5.82 Å². The Morgan fingerprint density at radius 2 is 1.80 bits per heavy atom. The second-order valence-electron chi connectivity index (χ2n) is 8.56. The first kappa shape index (κ1) is 19.1. The van der Waals surface area contributed by atoms with Gasteiger partial charge in [-0.05, 0) is 56.0 Å². The highest BCUT2D eigenvalue weighted by Crippen LogP contribution is 2.41. The van der Waals surface area contributed by atoms with Crippen LogP contribution in [0.25, 0.3) is 27.8 Å². The molecule has 3 heterocycles. The van der Waals surface area contributed by atoms with Crippen LogP contribution >= 0.6 is 0 Å². The number of aromatic nitrogens is 3. The van der Waals surface area contributed by atoms with Crippen LogP contribution in [0.2, 0.25) is 0 Å². The number of fused-ring (bicyclic) bond motifs is 2. The minimum atomic E-state index is -0.233. The molecular weight excluding hydrogens is 375 g/mol. The van der Waals surface area contributed by atoms with Crippen molar-refractivity contribution in [2.75, 3.05) is 0 Å². The third-order valence-corrected chi connectivity index (χ3v) is 6.39. The molecule has 0 unspecified atom stereocenters. The van der Waals surface area contributed by atoms with Gasteiger partial charge in [-0.3, -0.25) is 0 Å². The average Bonchev–Trinajstić information content (AvgIpc) is 3.44. The van der Waals surface area contributed by atoms with Gasteiger partial charge in [-0.25, -0.2) is 9.07 Å². The highest BCUT2D eigenvalue weighted by Gasteiger charge is 2.37. The normalized spacial score (nSPS) is 15.1. The molecule has 0 aliphatic carbocycles. The second-order valence-corrected chi connectivity index (χ2v) is 8.56. The molecule has 4 aromatic rings. The van der Waals surface area contributed by atoms with Gasteiger partial charge in [0.25, 0.3) is 0 Å². The van der Waals surface area contributed by atoms with Crippen LogP contribution in [0.5, 0.6) is 0 Å². The zero-order valence-electron chi connectivity index (χ0n) is 17.9. The lowest BCUT2D eigenvalue weighted by atomic mass is 9.97. The summed E-state index contributed by atoms with van der Waals surface area (Å²) in [6.07, 6.45) is 3.66. The molecular formula is C25H27FN4. The maximum atomic E-state index is 14.4. The van der Waals surface area contributed by atoms with Crippen LogP contribution in [0.3, 0.4) is 0 Å². The summed E-state index contributed by atoms with van der Waals surface area (Å²) in [6, 6.07) is 11.9. The fourth-order valence-electron chi connectivity index (χ4n) is 4.77. The first-order valence-electron chi connectivity index (χ1n) is 10.7. The summed E-state index contributed by atoms with van der Waals surface area (Å²) in [5.74, 6) is -0.233. The molecule has 0 fully saturated rings. The Kier molecular flexibility index (Phi) is 4.33. The molecule has 0 saturated heterocycles. The summed E-state index contributed by atoms with van der Waals surface area (Å²) in [6.45, 7) is 9.45. The molecule has 5 heteroatoms. The molecule has 154 valence electrons. The molecule has 0 bridgehead atoms. The molecule has 0 saturated carbocycles. The fourth-order valence-corrected chi connectivity index (χ4v) is 4.77. The highest BCUT2D eigenvalue weighted by atomic mass is 19.1. The van der Waals surface area contributed by atoms with Crippen molar-refractivity contribution < 1.29 is 4.39 Å². The fraction of sp³-hybridized carbons (Fsp3) is 0.320. The number of H-pyrrole nitrogens is 1. The van der Waals surface area contributed by atoms with E-state index in [1.807, 2.05) is 12.1 Å². The molecule has 0 spiro atoms. The first-order valence-corrected chi connectivity index (χ1v) is 10.7. The molecule has 2 aromatic carbocycles. The maximum absolute atomic E-state index is 14.4. The van der Waals surface area contributed by atoms with E-state index < -0.39 is 0 Å². The van der Waals surface area contributed by atoms with Crippen LogP contribution in [0, 0.1) is 5.82 Å². The smallest absolute Gasteiger partial charge is 0.147 e. The van der Waals surface area contributed by atoms with Gasteiger partial charge >= 0.3 is 0 Å². The Hall–Kier alpha value is -2.92. The number of halogens is 1. The Balaban J connectivity index is 1.89. The average molecular weight is 403 g/mol. The lowest BCUT2D eigenvalue weighted by Gasteiger charge is -2.20. The Bertz CT molecular complexity index is 1240. The van der Waals surface area contributed by atoms with Gasteiger partial charge in [0.2, 0.25) is 0 Å². The van der Waals surface area contributed by atoms with E-state index in [2.05, 4.69) is 60.9 Å². The van der Waals surface area contributed by atoms with Crippen LogP contribution in [0.15, 0.2) is 42.6 Å². The number of nitrogens with zero attached hydrogens (tertiary/aromatic N) is 2. The van der Waals surface area contributed by atoms with Crippen molar-refractivity contribution in [2.24, 2.45) is 0 Å². The SMILES string of the molecule is CCc1cccc(CC)c1-n1nc2c(c1-c1ccc(F)c3[nH]ccc13)CNC2(C)C. The van der Waals surface area contributed by atoms with Crippen LogP contribution in [-0.4, -0.2) is 14.8 Å². The quantitative estimate of drug-likeness (QED) is 0.465. The first-order chi connectivity index (χ1) is 14.5. The van der Waals surface area contributed by atoms with Gasteiger partial charge in [-0.1, -0.05) is 32.0 Å². The number of para-hydroxylation sites is 1. The molecule has 4 nitrogen and oxygen atoms in total. The summed E-state index contributed by atoms with van der Waals surface area (Å²) in [5, 5.41) is 9.64. The molecule has 5 rings (SSSR count). The van der Waals surface area contributed by atoms with Crippen LogP contribution in [0.4, 0.5) is 4.39 Å². The van der Waals surface area contributed by atoms with E-state index in [1.165, 1.54) is 16.7 Å². The molecule has 30 heavy (non-hydrogen) atoms. The predicted molar refractivity (Wildman–Crippen MR) is 119 cm³/mol. The number of hydrogen-bond donors (Lipinski definition) is 2. The van der Waals surface area contributed by atoms with Crippen molar-refractivity contribution in [3.05, 3.63) is 70.8 Å². The van der Waals surface area contributed by atoms with Crippen LogP contribution in [-0.2, 0) is 24.9 Å². The number of aryl methyl sites for hydroxylation is 2. The monoisotopic (exact) mass is 402 g/mol. The standard InChI is InChI=1S/C25H27FN4/c1-5-15-8-7-9-16(6-2)22(15)30-23(19-14-28-25(3,4)24(19)29-30)18-10-11-20(26)21-17(18)12-13-27-21/h7-13,27-28H,5-6,14H2,1-4H3. The Morgan fingerprint density at radius 1 is 1.07 bits per heavy atom. The topological polar surface area (TPSA) is 45.6 Å². The van der Waals surface area contributed by atoms with E-state index in [4.69, 9.17) is 5.10 Å². The number of nitrogens with one attached hydrogen (secondary N) is 2. The van der Waals surface area contributed by atoms with Crippen molar-refractivity contribution in [1.82, 2.24) is 20.1 Å². The summed E-state index contributed by atoms with van der Waals surface area (Å²) in [5.41, 5.74) is 8.37. The van der Waals surface area contributed by atoms with E-state index in [0.717, 1.165) is 47.4 Å². The lowest BCUT2D eigenvalue weighted by molar-refractivity contribution is 0.426. The van der Waals surface area contributed by atoms with Crippen LogP contribution in [0.1, 0.15) is 50.1 Å². The number of hydrogen-bond acceptors (Lipinski definition) is 2. The molecule has 2 N–H and O–H groups in total. The largest absolute Gasteiger partial charge is 0.359 e. The minimum absolute atomic E-state index is 0.208. The van der Waals surface area contributed by atoms with Gasteiger partial charge in [0.15, 0.2) is 0 Å². The number of rotatable bonds is 4. The highest BCUT2D eigenvalue weighted by molar-refractivity contribution is 5.96. The van der Waals surface area contributed by atoms with Crippen molar-refractivity contribution in [1.29, 1.82) is 0 Å². The zero-order chi connectivity index (χ0) is 21.0. The number of benzene rings is 2. The van der Waals surface area contributed by atoms with Crippen molar-refractivity contribution in [2.45, 2.75) is 52.6 Å². The Morgan fingerprint density at radius 3 is 2.50 bits per heavy atom. The van der Waals surface area contributed by atoms with Crippen molar-refractivity contribution in [3.63, 3.8) is 0 Å². The molecule has 0 radical (unpaired) electrons. The van der Waals surface area contributed by atoms with Crippen LogP contribution < -0.4 is 5.32 Å². The van der Waals surface area contributed by atoms with Gasteiger partial charge < -0.3 is 10.3 Å². The van der Waals surface area contributed by atoms with Gasteiger partial charge in [0, 0.05) is 29.3 Å². The Labute approximate surface area is 176 Å². The van der Waals surface area contributed by atoms with E-state index in [9.17, 15) is 4.39 Å². The summed E-state index contributed by atoms with van der Waals surface area (Å²) in [7, 11) is 0. The third-order valence-electron chi connectivity index (χ3n) is 6.39. The number of aromatic amines is 1. The summed E-state index contributed by atoms with van der Waals surface area (Å²) in [4.78, 5) is 3.06. The third kappa shape index (κ3) is 2.65. The van der Waals surface area contributed by atoms with Gasteiger partial charge in [0.05, 0.1) is 28.1 Å². The van der Waals surface area contributed by atoms with Crippen molar-refractivity contribution >= 4 is 10.9 Å². The molecule has 1 aliphatic rings. The minimum Gasteiger partial charge on any atom is -0.359 e. The van der Waals surface area contributed by atoms with E-state index in [1.54, 1.807) is 12.3 Å². The lowest BCUT2D eigenvalue weighted by Crippen LogP contribution is -2.30. The van der Waals surface area contributed by atoms with E-state index >= 15 is 0 Å². The molecule has 1 aliphatic heterocycles. The zero-order valence-corrected chi connectivity index (χ0v) is 17.9. The molecule has 0 amide bonds. The summed E-state index contributed by atoms with van der Waals surface area (Å²) < 4.78 is 16.6. The maximum Gasteiger partial charge on any atom is 0.147 e.